The second-order valence-corrected chi connectivity index (χ2v) is 4.24. The zero-order valence-corrected chi connectivity index (χ0v) is 9.71. The molecule has 0 aliphatic rings. The molecule has 0 aliphatic heterocycles. The largest absolute Gasteiger partial charge is 0.396 e. The molecule has 6 nitrogen and oxygen atoms in total. The van der Waals surface area contributed by atoms with Crippen molar-refractivity contribution in [3.05, 3.63) is 6.20 Å². The fraction of sp³-hybridized carbons (Fsp3) is 0.444. The molecule has 3 N–H and O–H groups in total. The van der Waals surface area contributed by atoms with Crippen LogP contribution in [0, 0.1) is 0 Å². The van der Waals surface area contributed by atoms with Crippen molar-refractivity contribution in [3.63, 3.8) is 0 Å². The number of rotatable bonds is 5. The molecule has 2 heterocycles. The van der Waals surface area contributed by atoms with Crippen LogP contribution in [0.25, 0.3) is 11.0 Å². The normalized spacial score (nSPS) is 10.9. The summed E-state index contributed by atoms with van der Waals surface area (Å²) in [5, 5.41) is 20.2. The topological polar surface area (TPSA) is 86.7 Å². The summed E-state index contributed by atoms with van der Waals surface area (Å²) in [7, 11) is 1.78. The number of aliphatic hydroxyl groups excluding tert-OH is 1. The van der Waals surface area contributed by atoms with E-state index in [1.807, 2.05) is 0 Å². The van der Waals surface area contributed by atoms with Gasteiger partial charge in [-0.2, -0.15) is 10.1 Å². The van der Waals surface area contributed by atoms with E-state index >= 15 is 0 Å². The number of thioether (sulfide) groups is 1. The van der Waals surface area contributed by atoms with Crippen LogP contribution in [0.4, 0.5) is 5.95 Å². The van der Waals surface area contributed by atoms with Crippen molar-refractivity contribution in [3.8, 4) is 0 Å². The maximum atomic E-state index is 8.74. The molecule has 0 aromatic carbocycles. The summed E-state index contributed by atoms with van der Waals surface area (Å²) in [4.78, 5) is 8.60. The summed E-state index contributed by atoms with van der Waals surface area (Å²) in [5.74, 6) is 1.40. The third-order valence-electron chi connectivity index (χ3n) is 2.04. The van der Waals surface area contributed by atoms with Gasteiger partial charge >= 0.3 is 0 Å². The summed E-state index contributed by atoms with van der Waals surface area (Å²) in [5.41, 5.74) is 0.728. The van der Waals surface area contributed by atoms with Crippen molar-refractivity contribution in [2.75, 3.05) is 24.7 Å². The minimum Gasteiger partial charge on any atom is -0.396 e. The molecule has 0 amide bonds. The molecule has 0 bridgehead atoms. The first-order chi connectivity index (χ1) is 7.85. The molecule has 0 saturated heterocycles. The maximum absolute atomic E-state index is 8.74. The zero-order valence-electron chi connectivity index (χ0n) is 8.90. The van der Waals surface area contributed by atoms with Gasteiger partial charge in [-0.25, -0.2) is 4.98 Å². The fourth-order valence-electron chi connectivity index (χ4n) is 1.26. The monoisotopic (exact) mass is 239 g/mol. The summed E-state index contributed by atoms with van der Waals surface area (Å²) in [6.45, 7) is 0.200. The molecule has 2 rings (SSSR count). The molecule has 0 atom stereocenters. The highest BCUT2D eigenvalue weighted by Crippen LogP contribution is 2.25. The zero-order chi connectivity index (χ0) is 11.4. The van der Waals surface area contributed by atoms with Gasteiger partial charge in [0.2, 0.25) is 5.95 Å². The van der Waals surface area contributed by atoms with Crippen molar-refractivity contribution in [1.82, 2.24) is 20.2 Å². The number of hydrogen-bond donors (Lipinski definition) is 3. The first-order valence-corrected chi connectivity index (χ1v) is 5.96. The third kappa shape index (κ3) is 2.25. The SMILES string of the molecule is CNc1nc(SCCCO)c2cn[nH]c2n1. The Bertz CT molecular complexity index is 472. The Morgan fingerprint density at radius 1 is 1.50 bits per heavy atom. The van der Waals surface area contributed by atoms with Crippen molar-refractivity contribution in [2.45, 2.75) is 11.4 Å². The van der Waals surface area contributed by atoms with Crippen LogP contribution >= 0.6 is 11.8 Å². The quantitative estimate of drug-likeness (QED) is 0.408. The highest BCUT2D eigenvalue weighted by Gasteiger charge is 2.08. The Morgan fingerprint density at radius 2 is 2.38 bits per heavy atom. The molecule has 0 unspecified atom stereocenters. The minimum absolute atomic E-state index is 0.200. The van der Waals surface area contributed by atoms with E-state index in [2.05, 4.69) is 25.5 Å². The second-order valence-electron chi connectivity index (χ2n) is 3.16. The predicted molar refractivity (Wildman–Crippen MR) is 63.7 cm³/mol. The van der Waals surface area contributed by atoms with E-state index < -0.39 is 0 Å². The van der Waals surface area contributed by atoms with Gasteiger partial charge < -0.3 is 10.4 Å². The molecule has 0 fully saturated rings. The average Bonchev–Trinajstić information content (AvgIpc) is 2.77. The highest BCUT2D eigenvalue weighted by molar-refractivity contribution is 7.99. The van der Waals surface area contributed by atoms with Crippen LogP contribution in [0.3, 0.4) is 0 Å². The molecule has 2 aromatic rings. The Morgan fingerprint density at radius 3 is 3.12 bits per heavy atom. The van der Waals surface area contributed by atoms with Gasteiger partial charge in [0.25, 0.3) is 0 Å². The van der Waals surface area contributed by atoms with Gasteiger partial charge in [-0.05, 0) is 6.42 Å². The Balaban J connectivity index is 2.29. The number of fused-ring (bicyclic) bond motifs is 1. The predicted octanol–water partition coefficient (Wildman–Crippen LogP) is 0.869. The fourth-order valence-corrected chi connectivity index (χ4v) is 2.19. The van der Waals surface area contributed by atoms with Gasteiger partial charge in [0.05, 0.1) is 11.6 Å². The summed E-state index contributed by atoms with van der Waals surface area (Å²) in [6.07, 6.45) is 2.47. The molecule has 7 heteroatoms. The number of hydrogen-bond acceptors (Lipinski definition) is 6. The molecular formula is C9H13N5OS. The van der Waals surface area contributed by atoms with Crippen LogP contribution in [0.2, 0.25) is 0 Å². The summed E-state index contributed by atoms with van der Waals surface area (Å²) < 4.78 is 0. The van der Waals surface area contributed by atoms with Gasteiger partial charge in [0.15, 0.2) is 5.65 Å². The van der Waals surface area contributed by atoms with Crippen molar-refractivity contribution >= 4 is 28.7 Å². The number of H-pyrrole nitrogens is 1. The lowest BCUT2D eigenvalue weighted by molar-refractivity contribution is 0.296. The van der Waals surface area contributed by atoms with E-state index in [1.165, 1.54) is 0 Å². The van der Waals surface area contributed by atoms with E-state index in [0.717, 1.165) is 28.2 Å². The van der Waals surface area contributed by atoms with E-state index in [0.29, 0.717) is 5.95 Å². The smallest absolute Gasteiger partial charge is 0.225 e. The lowest BCUT2D eigenvalue weighted by atomic mass is 10.4. The van der Waals surface area contributed by atoms with E-state index in [4.69, 9.17) is 5.11 Å². The van der Waals surface area contributed by atoms with Crippen molar-refractivity contribution < 1.29 is 5.11 Å². The van der Waals surface area contributed by atoms with Gasteiger partial charge in [-0.1, -0.05) is 0 Å². The molecule has 86 valence electrons. The number of nitrogens with one attached hydrogen (secondary N) is 2. The van der Waals surface area contributed by atoms with Crippen LogP contribution in [0.5, 0.6) is 0 Å². The number of nitrogens with zero attached hydrogens (tertiary/aromatic N) is 3. The number of anilines is 1. The van der Waals surface area contributed by atoms with E-state index in [9.17, 15) is 0 Å². The van der Waals surface area contributed by atoms with Gasteiger partial charge in [-0.15, -0.1) is 11.8 Å². The van der Waals surface area contributed by atoms with Crippen molar-refractivity contribution in [1.29, 1.82) is 0 Å². The minimum atomic E-state index is 0.200. The molecule has 0 radical (unpaired) electrons. The van der Waals surface area contributed by atoms with Gasteiger partial charge in [-0.3, -0.25) is 5.10 Å². The Labute approximate surface area is 96.9 Å². The lowest BCUT2D eigenvalue weighted by Gasteiger charge is -2.03. The second kappa shape index (κ2) is 5.13. The van der Waals surface area contributed by atoms with Crippen LogP contribution in [-0.2, 0) is 0 Å². The van der Waals surface area contributed by atoms with Crippen LogP contribution in [0.15, 0.2) is 11.2 Å². The first kappa shape index (κ1) is 11.2. The lowest BCUT2D eigenvalue weighted by Crippen LogP contribution is -1.98. The van der Waals surface area contributed by atoms with Crippen molar-refractivity contribution in [2.24, 2.45) is 0 Å². The number of aromatic amines is 1. The molecular weight excluding hydrogens is 226 g/mol. The summed E-state index contributed by atoms with van der Waals surface area (Å²) in [6, 6.07) is 0. The van der Waals surface area contributed by atoms with E-state index in [1.54, 1.807) is 25.0 Å². The molecule has 2 aromatic heterocycles. The van der Waals surface area contributed by atoms with E-state index in [-0.39, 0.29) is 6.61 Å². The highest BCUT2D eigenvalue weighted by atomic mass is 32.2. The van der Waals surface area contributed by atoms with Crippen LogP contribution < -0.4 is 5.32 Å². The average molecular weight is 239 g/mol. The molecule has 0 aliphatic carbocycles. The number of aromatic nitrogens is 4. The number of aliphatic hydroxyl groups is 1. The molecule has 0 saturated carbocycles. The molecule has 16 heavy (non-hydrogen) atoms. The first-order valence-electron chi connectivity index (χ1n) is 4.97. The summed E-state index contributed by atoms with van der Waals surface area (Å²) >= 11 is 1.60. The van der Waals surface area contributed by atoms with Crippen LogP contribution in [0.1, 0.15) is 6.42 Å². The van der Waals surface area contributed by atoms with Crippen LogP contribution in [-0.4, -0.2) is 44.7 Å². The third-order valence-corrected chi connectivity index (χ3v) is 3.12. The maximum Gasteiger partial charge on any atom is 0.225 e. The Kier molecular flexibility index (Phi) is 3.58. The van der Waals surface area contributed by atoms with Gasteiger partial charge in [0.1, 0.15) is 5.03 Å². The molecule has 0 spiro atoms. The van der Waals surface area contributed by atoms with Gasteiger partial charge in [0, 0.05) is 19.4 Å². The Hall–Kier alpha value is -1.34. The standard InChI is InChI=1S/C9H13N5OS/c1-10-9-12-7-6(5-11-14-7)8(13-9)16-4-2-3-15/h5,15H,2-4H2,1H3,(H2,10,11,12,13,14).